The number of nitrogens with two attached hydrogens (primary N) is 1. The van der Waals surface area contributed by atoms with Crippen LogP contribution in [0.5, 0.6) is 0 Å². The summed E-state index contributed by atoms with van der Waals surface area (Å²) in [5.41, 5.74) is 4.55. The first-order chi connectivity index (χ1) is 10.2. The first kappa shape index (κ1) is 17.0. The largest absolute Gasteiger partial charge is 0.373 e. The molecule has 122 valence electrons. The molecule has 0 bridgehead atoms. The van der Waals surface area contributed by atoms with Crippen LogP contribution in [0.3, 0.4) is 0 Å². The highest BCUT2D eigenvalue weighted by Gasteiger charge is 2.43. The predicted octanol–water partition coefficient (Wildman–Crippen LogP) is 4.08. The van der Waals surface area contributed by atoms with E-state index in [0.717, 1.165) is 25.4 Å². The van der Waals surface area contributed by atoms with Crippen molar-refractivity contribution < 1.29 is 4.74 Å². The first-order valence-corrected chi connectivity index (χ1v) is 9.01. The zero-order valence-electron chi connectivity index (χ0n) is 14.0. The quantitative estimate of drug-likeness (QED) is 0.456. The smallest absolute Gasteiger partial charge is 0.0888 e. The molecule has 0 spiro atoms. The summed E-state index contributed by atoms with van der Waals surface area (Å²) in [4.78, 5) is 0. The number of hydrogen-bond donors (Lipinski definition) is 2. The fraction of sp³-hybridized carbons (Fsp3) is 0.889. The van der Waals surface area contributed by atoms with Gasteiger partial charge in [0.2, 0.25) is 0 Å². The molecule has 0 saturated heterocycles. The van der Waals surface area contributed by atoms with Crippen molar-refractivity contribution in [1.29, 1.82) is 0 Å². The summed E-state index contributed by atoms with van der Waals surface area (Å²) in [6.07, 6.45) is 15.0. The average molecular weight is 294 g/mol. The monoisotopic (exact) mass is 294 g/mol. The fourth-order valence-electron chi connectivity index (χ4n) is 4.38. The number of rotatable bonds is 5. The molecule has 1 saturated carbocycles. The zero-order chi connectivity index (χ0) is 15.1. The van der Waals surface area contributed by atoms with Gasteiger partial charge >= 0.3 is 0 Å². The molecule has 2 rings (SSSR count). The van der Waals surface area contributed by atoms with Crippen LogP contribution in [0.2, 0.25) is 0 Å². The van der Waals surface area contributed by atoms with E-state index in [9.17, 15) is 0 Å². The van der Waals surface area contributed by atoms with Gasteiger partial charge in [-0.05, 0) is 51.4 Å². The maximum Gasteiger partial charge on any atom is 0.0888 e. The highest BCUT2D eigenvalue weighted by Crippen LogP contribution is 2.40. The summed E-state index contributed by atoms with van der Waals surface area (Å²) in [5.74, 6) is 6.75. The minimum absolute atomic E-state index is 0.0911. The van der Waals surface area contributed by atoms with Crippen molar-refractivity contribution >= 4 is 0 Å². The van der Waals surface area contributed by atoms with Crippen molar-refractivity contribution in [2.45, 2.75) is 89.7 Å². The number of ether oxygens (including phenoxy) is 1. The van der Waals surface area contributed by atoms with E-state index in [-0.39, 0.29) is 11.6 Å². The van der Waals surface area contributed by atoms with E-state index < -0.39 is 0 Å². The van der Waals surface area contributed by atoms with Crippen LogP contribution in [0.25, 0.3) is 0 Å². The van der Waals surface area contributed by atoms with E-state index in [1.54, 1.807) is 0 Å². The number of hydrazine groups is 1. The maximum absolute atomic E-state index is 6.34. The molecule has 3 atom stereocenters. The summed E-state index contributed by atoms with van der Waals surface area (Å²) in [6, 6.07) is 0.193. The van der Waals surface area contributed by atoms with Gasteiger partial charge < -0.3 is 4.74 Å². The SMILES string of the molecule is CCOC1(C(NN)C2=CCCCCCC2)CCCC(C)C1. The van der Waals surface area contributed by atoms with Gasteiger partial charge in [0.25, 0.3) is 0 Å². The van der Waals surface area contributed by atoms with Gasteiger partial charge in [0.15, 0.2) is 0 Å². The summed E-state index contributed by atoms with van der Waals surface area (Å²) in [7, 11) is 0. The Hall–Kier alpha value is -0.380. The lowest BCUT2D eigenvalue weighted by Crippen LogP contribution is -2.57. The Morgan fingerprint density at radius 1 is 1.33 bits per heavy atom. The van der Waals surface area contributed by atoms with E-state index >= 15 is 0 Å². The Bertz CT molecular complexity index is 338. The van der Waals surface area contributed by atoms with Gasteiger partial charge in [0.05, 0.1) is 11.6 Å². The minimum atomic E-state index is -0.0911. The van der Waals surface area contributed by atoms with Crippen LogP contribution in [-0.4, -0.2) is 18.2 Å². The van der Waals surface area contributed by atoms with Crippen LogP contribution < -0.4 is 11.3 Å². The van der Waals surface area contributed by atoms with Gasteiger partial charge in [-0.15, -0.1) is 0 Å². The van der Waals surface area contributed by atoms with Gasteiger partial charge in [0, 0.05) is 6.61 Å². The standard InChI is InChI=1S/C18H34N2O/c1-3-21-18(13-9-10-15(2)14-18)17(20-19)16-11-7-5-4-6-8-12-16/h11,15,17,20H,3-10,12-14,19H2,1-2H3. The molecule has 0 heterocycles. The maximum atomic E-state index is 6.34. The second-order valence-corrected chi connectivity index (χ2v) is 7.03. The molecule has 0 aromatic rings. The van der Waals surface area contributed by atoms with Crippen LogP contribution >= 0.6 is 0 Å². The fourth-order valence-corrected chi connectivity index (χ4v) is 4.38. The molecule has 21 heavy (non-hydrogen) atoms. The lowest BCUT2D eigenvalue weighted by molar-refractivity contribution is -0.0933. The first-order valence-electron chi connectivity index (χ1n) is 9.01. The molecular formula is C18H34N2O. The topological polar surface area (TPSA) is 47.3 Å². The Morgan fingerprint density at radius 2 is 2.14 bits per heavy atom. The lowest BCUT2D eigenvalue weighted by atomic mass is 9.71. The van der Waals surface area contributed by atoms with E-state index in [2.05, 4.69) is 25.3 Å². The van der Waals surface area contributed by atoms with Gasteiger partial charge in [-0.3, -0.25) is 11.3 Å². The Kier molecular flexibility index (Phi) is 6.72. The molecule has 0 aromatic carbocycles. The normalized spacial score (nSPS) is 32.9. The summed E-state index contributed by atoms with van der Waals surface area (Å²) in [5, 5.41) is 0. The third-order valence-electron chi connectivity index (χ3n) is 5.31. The van der Waals surface area contributed by atoms with Gasteiger partial charge in [-0.25, -0.2) is 0 Å². The summed E-state index contributed by atoms with van der Waals surface area (Å²) < 4.78 is 6.34. The van der Waals surface area contributed by atoms with Crippen LogP contribution in [0, 0.1) is 5.92 Å². The number of nitrogens with one attached hydrogen (secondary N) is 1. The molecule has 1 fully saturated rings. The Labute approximate surface area is 130 Å². The highest BCUT2D eigenvalue weighted by molar-refractivity contribution is 5.19. The lowest BCUT2D eigenvalue weighted by Gasteiger charge is -2.46. The molecule has 3 heteroatoms. The average Bonchev–Trinajstić information content (AvgIpc) is 2.42. The van der Waals surface area contributed by atoms with E-state index in [1.165, 1.54) is 56.9 Å². The summed E-state index contributed by atoms with van der Waals surface area (Å²) >= 11 is 0. The predicted molar refractivity (Wildman–Crippen MR) is 88.9 cm³/mol. The van der Waals surface area contributed by atoms with Crippen molar-refractivity contribution in [1.82, 2.24) is 5.43 Å². The molecule has 3 nitrogen and oxygen atoms in total. The second kappa shape index (κ2) is 8.30. The van der Waals surface area contributed by atoms with E-state index in [4.69, 9.17) is 10.6 Å². The molecule has 0 aliphatic heterocycles. The van der Waals surface area contributed by atoms with E-state index in [1.807, 2.05) is 0 Å². The molecule has 3 N–H and O–H groups in total. The van der Waals surface area contributed by atoms with Crippen LogP contribution in [0.4, 0.5) is 0 Å². The zero-order valence-corrected chi connectivity index (χ0v) is 14.0. The molecule has 3 unspecified atom stereocenters. The second-order valence-electron chi connectivity index (χ2n) is 7.03. The molecule has 0 amide bonds. The van der Waals surface area contributed by atoms with Crippen molar-refractivity contribution in [3.63, 3.8) is 0 Å². The van der Waals surface area contributed by atoms with E-state index in [0.29, 0.717) is 0 Å². The van der Waals surface area contributed by atoms with Crippen molar-refractivity contribution in [3.8, 4) is 0 Å². The highest BCUT2D eigenvalue weighted by atomic mass is 16.5. The number of allylic oxidation sites excluding steroid dienone is 1. The van der Waals surface area contributed by atoms with Gasteiger partial charge in [0.1, 0.15) is 0 Å². The molecule has 0 radical (unpaired) electrons. The molecule has 2 aliphatic carbocycles. The van der Waals surface area contributed by atoms with Crippen molar-refractivity contribution in [2.24, 2.45) is 11.8 Å². The van der Waals surface area contributed by atoms with Crippen molar-refractivity contribution in [2.75, 3.05) is 6.61 Å². The Morgan fingerprint density at radius 3 is 2.86 bits per heavy atom. The molecule has 0 aromatic heterocycles. The molecule has 2 aliphatic rings. The minimum Gasteiger partial charge on any atom is -0.373 e. The van der Waals surface area contributed by atoms with Crippen LogP contribution in [0.1, 0.15) is 78.1 Å². The summed E-state index contributed by atoms with van der Waals surface area (Å²) in [6.45, 7) is 5.24. The molecular weight excluding hydrogens is 260 g/mol. The van der Waals surface area contributed by atoms with Crippen molar-refractivity contribution in [3.05, 3.63) is 11.6 Å². The number of hydrogen-bond acceptors (Lipinski definition) is 3. The van der Waals surface area contributed by atoms with Gasteiger partial charge in [-0.2, -0.15) is 0 Å². The Balaban J connectivity index is 2.21. The van der Waals surface area contributed by atoms with Crippen LogP contribution in [0.15, 0.2) is 11.6 Å². The third kappa shape index (κ3) is 4.30. The van der Waals surface area contributed by atoms with Gasteiger partial charge in [-0.1, -0.05) is 44.3 Å². The third-order valence-corrected chi connectivity index (χ3v) is 5.31. The van der Waals surface area contributed by atoms with Crippen LogP contribution in [-0.2, 0) is 4.74 Å².